The molecule has 0 radical (unpaired) electrons. The molecule has 9 heteroatoms. The van der Waals surface area contributed by atoms with E-state index in [9.17, 15) is 18.0 Å². The molecule has 32 heavy (non-hydrogen) atoms. The summed E-state index contributed by atoms with van der Waals surface area (Å²) < 4.78 is 34.1. The molecule has 0 bridgehead atoms. The van der Waals surface area contributed by atoms with Gasteiger partial charge >= 0.3 is 6.03 Å². The number of carbonyl (C=O) groups excluding carboxylic acids is 2. The molecule has 0 spiro atoms. The number of unbranched alkanes of at least 4 members (excludes halogenated alkanes) is 2. The van der Waals surface area contributed by atoms with E-state index in [1.165, 1.54) is 12.8 Å². The van der Waals surface area contributed by atoms with E-state index in [-0.39, 0.29) is 23.7 Å². The Kier molecular flexibility index (Phi) is 8.92. The zero-order valence-electron chi connectivity index (χ0n) is 18.8. The molecule has 1 saturated heterocycles. The molecule has 178 valence electrons. The van der Waals surface area contributed by atoms with Crippen molar-refractivity contribution in [1.29, 1.82) is 0 Å². The van der Waals surface area contributed by atoms with Gasteiger partial charge in [0.05, 0.1) is 12.4 Å². The van der Waals surface area contributed by atoms with Crippen LogP contribution in [0.1, 0.15) is 69.9 Å². The SMILES string of the molecule is CCC[C@@H](NS(=O)(=O)CCCCCN1CCC(=O)NC1=O)c1cccc(OCC2CC2)c1. The third-order valence-corrected chi connectivity index (χ3v) is 7.30. The molecule has 2 N–H and O–H groups in total. The summed E-state index contributed by atoms with van der Waals surface area (Å²) in [7, 11) is -3.43. The average molecular weight is 466 g/mol. The molecule has 0 aromatic heterocycles. The Morgan fingerprint density at radius 1 is 1.22 bits per heavy atom. The summed E-state index contributed by atoms with van der Waals surface area (Å²) in [5, 5.41) is 2.30. The number of rotatable bonds is 14. The van der Waals surface area contributed by atoms with Crippen LogP contribution in [0.15, 0.2) is 24.3 Å². The lowest BCUT2D eigenvalue weighted by Crippen LogP contribution is -2.49. The molecule has 1 saturated carbocycles. The maximum Gasteiger partial charge on any atom is 0.324 e. The highest BCUT2D eigenvalue weighted by Gasteiger charge is 2.24. The molecule has 0 unspecified atom stereocenters. The van der Waals surface area contributed by atoms with Crippen molar-refractivity contribution in [2.75, 3.05) is 25.4 Å². The number of sulfonamides is 1. The van der Waals surface area contributed by atoms with Crippen LogP contribution in [-0.4, -0.2) is 50.7 Å². The molecule has 3 rings (SSSR count). The first-order valence-corrected chi connectivity index (χ1v) is 13.3. The van der Waals surface area contributed by atoms with E-state index in [1.807, 2.05) is 31.2 Å². The highest BCUT2D eigenvalue weighted by atomic mass is 32.2. The summed E-state index contributed by atoms with van der Waals surface area (Å²) in [6, 6.07) is 7.09. The van der Waals surface area contributed by atoms with Gasteiger partial charge in [0.1, 0.15) is 5.75 Å². The molecular formula is C23H35N3O5S. The monoisotopic (exact) mass is 465 g/mol. The third kappa shape index (κ3) is 8.09. The lowest BCUT2D eigenvalue weighted by molar-refractivity contribution is -0.121. The number of urea groups is 1. The molecule has 1 aromatic rings. The fourth-order valence-electron chi connectivity index (χ4n) is 3.76. The number of carbonyl (C=O) groups is 2. The fraction of sp³-hybridized carbons (Fsp3) is 0.652. The van der Waals surface area contributed by atoms with Gasteiger partial charge < -0.3 is 9.64 Å². The lowest BCUT2D eigenvalue weighted by atomic mass is 10.0. The second kappa shape index (κ2) is 11.7. The topological polar surface area (TPSA) is 105 Å². The van der Waals surface area contributed by atoms with Gasteiger partial charge in [-0.3, -0.25) is 10.1 Å². The Bertz CT molecular complexity index is 885. The predicted octanol–water partition coefficient (Wildman–Crippen LogP) is 3.35. The van der Waals surface area contributed by atoms with E-state index < -0.39 is 10.0 Å². The van der Waals surface area contributed by atoms with Crippen molar-refractivity contribution >= 4 is 22.0 Å². The van der Waals surface area contributed by atoms with Crippen LogP contribution in [0.4, 0.5) is 4.79 Å². The van der Waals surface area contributed by atoms with Crippen LogP contribution in [0.25, 0.3) is 0 Å². The van der Waals surface area contributed by atoms with E-state index in [2.05, 4.69) is 10.0 Å². The highest BCUT2D eigenvalue weighted by molar-refractivity contribution is 7.89. The first-order valence-electron chi connectivity index (χ1n) is 11.7. The maximum absolute atomic E-state index is 12.7. The maximum atomic E-state index is 12.7. The number of nitrogens with zero attached hydrogens (tertiary/aromatic N) is 1. The van der Waals surface area contributed by atoms with Gasteiger partial charge in [-0.15, -0.1) is 0 Å². The van der Waals surface area contributed by atoms with E-state index in [1.54, 1.807) is 4.90 Å². The van der Waals surface area contributed by atoms with Crippen molar-refractivity contribution in [3.8, 4) is 5.75 Å². The summed E-state index contributed by atoms with van der Waals surface area (Å²) in [5.41, 5.74) is 0.925. The molecule has 1 aliphatic heterocycles. The second-order valence-electron chi connectivity index (χ2n) is 8.76. The van der Waals surface area contributed by atoms with Crippen molar-refractivity contribution in [3.05, 3.63) is 29.8 Å². The van der Waals surface area contributed by atoms with Crippen LogP contribution in [0.5, 0.6) is 5.75 Å². The predicted molar refractivity (Wildman–Crippen MR) is 123 cm³/mol. The van der Waals surface area contributed by atoms with Crippen LogP contribution < -0.4 is 14.8 Å². The molecule has 1 aromatic carbocycles. The normalized spacial score (nSPS) is 17.8. The quantitative estimate of drug-likeness (QED) is 0.410. The third-order valence-electron chi connectivity index (χ3n) is 5.83. The van der Waals surface area contributed by atoms with Gasteiger partial charge in [-0.25, -0.2) is 17.9 Å². The van der Waals surface area contributed by atoms with Crippen LogP contribution in [-0.2, 0) is 14.8 Å². The van der Waals surface area contributed by atoms with Gasteiger partial charge in [0.25, 0.3) is 0 Å². The van der Waals surface area contributed by atoms with Gasteiger partial charge in [-0.05, 0) is 55.7 Å². The minimum absolute atomic E-state index is 0.0514. The van der Waals surface area contributed by atoms with Crippen LogP contribution in [0.3, 0.4) is 0 Å². The molecule has 2 aliphatic rings. The second-order valence-corrected chi connectivity index (χ2v) is 10.6. The van der Waals surface area contributed by atoms with Crippen molar-refractivity contribution in [1.82, 2.24) is 14.9 Å². The Labute approximate surface area is 191 Å². The molecule has 8 nitrogen and oxygen atoms in total. The number of amides is 3. The van der Waals surface area contributed by atoms with Gasteiger partial charge in [0.2, 0.25) is 15.9 Å². The zero-order valence-corrected chi connectivity index (χ0v) is 19.7. The molecular weight excluding hydrogens is 430 g/mol. The standard InChI is InChI=1S/C23H35N3O5S/c1-2-7-21(19-8-6-9-20(16-19)31-17-18-10-11-18)25-32(29,30)15-5-3-4-13-26-14-12-22(27)24-23(26)28/h6,8-9,16,18,21,25H,2-5,7,10-15,17H2,1H3,(H,24,27,28)/t21-/m1/s1. The van der Waals surface area contributed by atoms with E-state index >= 15 is 0 Å². The fourth-order valence-corrected chi connectivity index (χ4v) is 5.15. The largest absolute Gasteiger partial charge is 0.493 e. The Morgan fingerprint density at radius 3 is 2.75 bits per heavy atom. The summed E-state index contributed by atoms with van der Waals surface area (Å²) >= 11 is 0. The number of nitrogens with one attached hydrogen (secondary N) is 2. The molecule has 2 fully saturated rings. The lowest BCUT2D eigenvalue weighted by Gasteiger charge is -2.26. The number of imide groups is 1. The molecule has 1 aliphatic carbocycles. The first-order chi connectivity index (χ1) is 15.4. The Balaban J connectivity index is 1.44. The van der Waals surface area contributed by atoms with Crippen LogP contribution in [0, 0.1) is 5.92 Å². The van der Waals surface area contributed by atoms with Gasteiger partial charge in [0, 0.05) is 25.6 Å². The minimum Gasteiger partial charge on any atom is -0.493 e. The van der Waals surface area contributed by atoms with Crippen LogP contribution in [0.2, 0.25) is 0 Å². The van der Waals surface area contributed by atoms with Crippen molar-refractivity contribution in [3.63, 3.8) is 0 Å². The van der Waals surface area contributed by atoms with Gasteiger partial charge in [0.15, 0.2) is 0 Å². The Hall–Kier alpha value is -2.13. The average Bonchev–Trinajstić information content (AvgIpc) is 3.58. The summed E-state index contributed by atoms with van der Waals surface area (Å²) in [6.07, 6.45) is 6.26. The van der Waals surface area contributed by atoms with Crippen LogP contribution >= 0.6 is 0 Å². The summed E-state index contributed by atoms with van der Waals surface area (Å²) in [5.74, 6) is 1.26. The van der Waals surface area contributed by atoms with Gasteiger partial charge in [-0.1, -0.05) is 31.9 Å². The van der Waals surface area contributed by atoms with Crippen molar-refractivity contribution < 1.29 is 22.7 Å². The summed E-state index contributed by atoms with van der Waals surface area (Å²) in [6.45, 7) is 3.72. The Morgan fingerprint density at radius 2 is 2.03 bits per heavy atom. The van der Waals surface area contributed by atoms with Crippen molar-refractivity contribution in [2.24, 2.45) is 5.92 Å². The number of benzene rings is 1. The minimum atomic E-state index is -3.43. The molecule has 3 amide bonds. The van der Waals surface area contributed by atoms with Gasteiger partial charge in [-0.2, -0.15) is 0 Å². The number of hydrogen-bond donors (Lipinski definition) is 2. The number of ether oxygens (including phenoxy) is 1. The zero-order chi connectivity index (χ0) is 23.0. The number of hydrogen-bond acceptors (Lipinski definition) is 5. The van der Waals surface area contributed by atoms with E-state index in [0.29, 0.717) is 51.1 Å². The smallest absolute Gasteiger partial charge is 0.324 e. The van der Waals surface area contributed by atoms with E-state index in [4.69, 9.17) is 4.74 Å². The molecule has 1 atom stereocenters. The van der Waals surface area contributed by atoms with E-state index in [0.717, 1.165) is 24.3 Å². The first kappa shape index (κ1) is 24.5. The highest BCUT2D eigenvalue weighted by Crippen LogP contribution is 2.30. The molecule has 1 heterocycles. The summed E-state index contributed by atoms with van der Waals surface area (Å²) in [4.78, 5) is 24.5. The van der Waals surface area contributed by atoms with Crippen molar-refractivity contribution in [2.45, 2.75) is 64.3 Å².